The number of nitrogens with zero attached hydrogens (tertiary/aromatic N) is 5. The number of pyridine rings is 2. The number of benzene rings is 1. The number of sulfonamides is 1. The Kier molecular flexibility index (Phi) is 5.97. The predicted molar refractivity (Wildman–Crippen MR) is 128 cm³/mol. The molecule has 0 amide bonds. The highest BCUT2D eigenvalue weighted by molar-refractivity contribution is 7.89. The Bertz CT molecular complexity index is 1440. The lowest BCUT2D eigenvalue weighted by Crippen LogP contribution is -2.40. The molecular weight excluding hydrogens is 450 g/mol. The molecule has 0 N–H and O–H groups in total. The molecular formula is C25H25N5O3S. The molecule has 4 aromatic rings. The number of aromatic nitrogens is 4. The first-order valence-electron chi connectivity index (χ1n) is 11.2. The van der Waals surface area contributed by atoms with Crippen LogP contribution in [0, 0.1) is 5.92 Å². The first-order valence-corrected chi connectivity index (χ1v) is 12.7. The van der Waals surface area contributed by atoms with Crippen LogP contribution in [0.15, 0.2) is 72.1 Å². The van der Waals surface area contributed by atoms with Crippen molar-refractivity contribution >= 4 is 26.6 Å². The van der Waals surface area contributed by atoms with E-state index < -0.39 is 10.0 Å². The number of carbonyl (C=O) groups is 1. The number of fused-ring (bicyclic) bond motifs is 1. The summed E-state index contributed by atoms with van der Waals surface area (Å²) in [7, 11) is -1.66. The fourth-order valence-corrected chi connectivity index (χ4v) is 5.86. The van der Waals surface area contributed by atoms with Gasteiger partial charge in [0, 0.05) is 67.7 Å². The maximum Gasteiger partial charge on any atom is 0.243 e. The molecule has 1 aromatic carbocycles. The van der Waals surface area contributed by atoms with Gasteiger partial charge in [0.1, 0.15) is 5.78 Å². The monoisotopic (exact) mass is 475 g/mol. The van der Waals surface area contributed by atoms with Crippen LogP contribution in [-0.4, -0.2) is 51.3 Å². The van der Waals surface area contributed by atoms with Crippen LogP contribution in [-0.2, 0) is 28.3 Å². The molecule has 34 heavy (non-hydrogen) atoms. The number of piperidine rings is 1. The molecule has 1 aliphatic rings. The first-order chi connectivity index (χ1) is 16.4. The van der Waals surface area contributed by atoms with Gasteiger partial charge in [-0.2, -0.15) is 9.40 Å². The lowest BCUT2D eigenvalue weighted by Gasteiger charge is -2.30. The normalized spacial score (nSPS) is 15.6. The zero-order chi connectivity index (χ0) is 23.7. The van der Waals surface area contributed by atoms with Gasteiger partial charge in [-0.05, 0) is 42.5 Å². The lowest BCUT2D eigenvalue weighted by molar-refractivity contribution is -0.123. The topological polar surface area (TPSA) is 98.1 Å². The molecule has 1 fully saturated rings. The average Bonchev–Trinajstić information content (AvgIpc) is 3.30. The van der Waals surface area contributed by atoms with E-state index in [0.29, 0.717) is 36.5 Å². The molecule has 1 saturated heterocycles. The van der Waals surface area contributed by atoms with Crippen molar-refractivity contribution in [3.8, 4) is 11.3 Å². The van der Waals surface area contributed by atoms with Crippen LogP contribution < -0.4 is 0 Å². The highest BCUT2D eigenvalue weighted by Crippen LogP contribution is 2.26. The maximum atomic E-state index is 13.0. The Morgan fingerprint density at radius 2 is 1.74 bits per heavy atom. The second-order valence-corrected chi connectivity index (χ2v) is 10.6. The highest BCUT2D eigenvalue weighted by atomic mass is 32.2. The van der Waals surface area contributed by atoms with Crippen molar-refractivity contribution in [1.82, 2.24) is 24.1 Å². The van der Waals surface area contributed by atoms with E-state index in [1.807, 2.05) is 25.4 Å². The second-order valence-electron chi connectivity index (χ2n) is 8.63. The minimum atomic E-state index is -3.52. The molecule has 8 nitrogen and oxygen atoms in total. The molecule has 5 rings (SSSR count). The van der Waals surface area contributed by atoms with Crippen molar-refractivity contribution in [3.05, 3.63) is 72.9 Å². The van der Waals surface area contributed by atoms with Crippen molar-refractivity contribution in [1.29, 1.82) is 0 Å². The summed E-state index contributed by atoms with van der Waals surface area (Å²) >= 11 is 0. The summed E-state index contributed by atoms with van der Waals surface area (Å²) < 4.78 is 28.9. The Hall–Kier alpha value is -3.43. The third-order valence-corrected chi connectivity index (χ3v) is 8.22. The minimum absolute atomic E-state index is 0.102. The number of ketones is 1. The molecule has 174 valence electrons. The Morgan fingerprint density at radius 1 is 1.00 bits per heavy atom. The van der Waals surface area contributed by atoms with Crippen molar-refractivity contribution in [2.75, 3.05) is 13.1 Å². The molecule has 0 aliphatic carbocycles. The molecule has 0 bridgehead atoms. The van der Waals surface area contributed by atoms with Gasteiger partial charge in [0.2, 0.25) is 10.0 Å². The number of carbonyl (C=O) groups excluding carboxylic acids is 1. The lowest BCUT2D eigenvalue weighted by atomic mass is 9.91. The van der Waals surface area contributed by atoms with E-state index in [9.17, 15) is 13.2 Å². The molecule has 0 atom stereocenters. The minimum Gasteiger partial charge on any atom is -0.299 e. The molecule has 9 heteroatoms. The van der Waals surface area contributed by atoms with E-state index in [2.05, 4.69) is 15.1 Å². The summed E-state index contributed by atoms with van der Waals surface area (Å²) in [6.45, 7) is 0.692. The smallest absolute Gasteiger partial charge is 0.243 e. The van der Waals surface area contributed by atoms with Crippen LogP contribution in [0.25, 0.3) is 22.0 Å². The van der Waals surface area contributed by atoms with Crippen LogP contribution in [0.3, 0.4) is 0 Å². The van der Waals surface area contributed by atoms with Crippen molar-refractivity contribution in [2.45, 2.75) is 24.2 Å². The van der Waals surface area contributed by atoms with E-state index in [-0.39, 0.29) is 18.1 Å². The van der Waals surface area contributed by atoms with Gasteiger partial charge in [-0.1, -0.05) is 18.2 Å². The van der Waals surface area contributed by atoms with E-state index in [1.54, 1.807) is 53.6 Å². The zero-order valence-corrected chi connectivity index (χ0v) is 19.6. The third kappa shape index (κ3) is 4.49. The van der Waals surface area contributed by atoms with E-state index in [0.717, 1.165) is 22.0 Å². The second kappa shape index (κ2) is 9.08. The fourth-order valence-electron chi connectivity index (χ4n) is 4.37. The summed E-state index contributed by atoms with van der Waals surface area (Å²) in [5.74, 6) is -0.0618. The molecule has 0 spiro atoms. The maximum absolute atomic E-state index is 13.0. The van der Waals surface area contributed by atoms with Crippen molar-refractivity contribution in [2.24, 2.45) is 13.0 Å². The summed E-state index contributed by atoms with van der Waals surface area (Å²) in [4.78, 5) is 22.2. The predicted octanol–water partition coefficient (Wildman–Crippen LogP) is 3.24. The molecule has 0 unspecified atom stereocenters. The van der Waals surface area contributed by atoms with Gasteiger partial charge >= 0.3 is 0 Å². The van der Waals surface area contributed by atoms with Crippen LogP contribution in [0.4, 0.5) is 0 Å². The summed E-state index contributed by atoms with van der Waals surface area (Å²) in [6.07, 6.45) is 8.47. The molecule has 1 aliphatic heterocycles. The number of aryl methyl sites for hydroxylation is 1. The van der Waals surface area contributed by atoms with Gasteiger partial charge in [0.15, 0.2) is 0 Å². The van der Waals surface area contributed by atoms with Crippen molar-refractivity contribution in [3.63, 3.8) is 0 Å². The standard InChI is InChI=1S/C25H25N5O3S/c1-29-17-21(16-28-29)24-12-19-11-22(26-14-20(19)15-27-24)13-25(31)18-7-9-30(10-8-18)34(32,33)23-5-3-2-4-6-23/h2-6,11-12,14-18H,7-10,13H2,1H3. The van der Waals surface area contributed by atoms with Crippen LogP contribution >= 0.6 is 0 Å². The van der Waals surface area contributed by atoms with E-state index in [1.165, 1.54) is 4.31 Å². The SMILES string of the molecule is Cn1cc(-c2cc3cc(CC(=O)C4CCN(S(=O)(=O)c5ccccc5)CC4)ncc3cn2)cn1. The number of hydrogen-bond acceptors (Lipinski definition) is 6. The molecule has 3 aromatic heterocycles. The number of Topliss-reactive ketones (excluding diaryl/α,β-unsaturated/α-hetero) is 1. The largest absolute Gasteiger partial charge is 0.299 e. The van der Waals surface area contributed by atoms with Gasteiger partial charge in [0.25, 0.3) is 0 Å². The van der Waals surface area contributed by atoms with Gasteiger partial charge in [-0.3, -0.25) is 19.4 Å². The Labute approximate surface area is 198 Å². The number of rotatable bonds is 6. The van der Waals surface area contributed by atoms with Gasteiger partial charge in [-0.15, -0.1) is 0 Å². The molecule has 4 heterocycles. The zero-order valence-electron chi connectivity index (χ0n) is 18.8. The van der Waals surface area contributed by atoms with Crippen LogP contribution in [0.1, 0.15) is 18.5 Å². The first kappa shape index (κ1) is 22.4. The number of hydrogen-bond donors (Lipinski definition) is 0. The van der Waals surface area contributed by atoms with Gasteiger partial charge in [0.05, 0.1) is 16.8 Å². The summed E-state index contributed by atoms with van der Waals surface area (Å²) in [5, 5.41) is 6.07. The molecule has 0 radical (unpaired) electrons. The Morgan fingerprint density at radius 3 is 2.44 bits per heavy atom. The van der Waals surface area contributed by atoms with Crippen molar-refractivity contribution < 1.29 is 13.2 Å². The highest BCUT2D eigenvalue weighted by Gasteiger charge is 2.32. The average molecular weight is 476 g/mol. The quantitative estimate of drug-likeness (QED) is 0.425. The fraction of sp³-hybridized carbons (Fsp3) is 0.280. The molecule has 0 saturated carbocycles. The Balaban J connectivity index is 1.26. The third-order valence-electron chi connectivity index (χ3n) is 6.31. The van der Waals surface area contributed by atoms with Gasteiger partial charge in [-0.25, -0.2) is 8.42 Å². The van der Waals surface area contributed by atoms with Crippen LogP contribution in [0.5, 0.6) is 0 Å². The van der Waals surface area contributed by atoms with E-state index in [4.69, 9.17) is 0 Å². The summed E-state index contributed by atoms with van der Waals surface area (Å²) in [5.41, 5.74) is 2.45. The summed E-state index contributed by atoms with van der Waals surface area (Å²) in [6, 6.07) is 12.4. The van der Waals surface area contributed by atoms with Gasteiger partial charge < -0.3 is 0 Å². The van der Waals surface area contributed by atoms with E-state index >= 15 is 0 Å². The van der Waals surface area contributed by atoms with Crippen LogP contribution in [0.2, 0.25) is 0 Å².